The third kappa shape index (κ3) is 4.71. The van der Waals surface area contributed by atoms with Crippen molar-refractivity contribution in [3.05, 3.63) is 23.9 Å². The summed E-state index contributed by atoms with van der Waals surface area (Å²) in [5.41, 5.74) is 0.616. The monoisotopic (exact) mass is 251 g/mol. The summed E-state index contributed by atoms with van der Waals surface area (Å²) in [5, 5.41) is 6.01. The van der Waals surface area contributed by atoms with Gasteiger partial charge in [-0.2, -0.15) is 0 Å². The first-order valence-corrected chi connectivity index (χ1v) is 6.17. The number of hydrogen-bond donors (Lipinski definition) is 2. The lowest BCUT2D eigenvalue weighted by molar-refractivity contribution is 0.0929. The third-order valence-electron chi connectivity index (χ3n) is 2.51. The molecule has 0 radical (unpaired) electrons. The van der Waals surface area contributed by atoms with Crippen LogP contribution in [-0.4, -0.2) is 37.2 Å². The lowest BCUT2D eigenvalue weighted by atomic mass is 10.2. The average molecular weight is 251 g/mol. The molecule has 1 aromatic rings. The Bertz CT molecular complexity index is 382. The quantitative estimate of drug-likeness (QED) is 0.773. The number of amides is 1. The summed E-state index contributed by atoms with van der Waals surface area (Å²) in [6.07, 6.45) is 2.43. The lowest BCUT2D eigenvalue weighted by Crippen LogP contribution is -2.33. The Morgan fingerprint density at radius 3 is 3.00 bits per heavy atom. The van der Waals surface area contributed by atoms with Gasteiger partial charge in [-0.05, 0) is 32.4 Å². The van der Waals surface area contributed by atoms with Gasteiger partial charge in [-0.1, -0.05) is 0 Å². The molecule has 0 bridgehead atoms. The van der Waals surface area contributed by atoms with Crippen LogP contribution in [0.1, 0.15) is 30.6 Å². The molecule has 5 nitrogen and oxygen atoms in total. The smallest absolute Gasteiger partial charge is 0.251 e. The minimum Gasteiger partial charge on any atom is -0.385 e. The minimum absolute atomic E-state index is 0.0832. The van der Waals surface area contributed by atoms with Gasteiger partial charge in [0.1, 0.15) is 5.82 Å². The second-order valence-corrected chi connectivity index (χ2v) is 4.12. The highest BCUT2D eigenvalue weighted by atomic mass is 16.5. The van der Waals surface area contributed by atoms with E-state index in [1.54, 1.807) is 25.4 Å². The van der Waals surface area contributed by atoms with Crippen LogP contribution in [0, 0.1) is 0 Å². The summed E-state index contributed by atoms with van der Waals surface area (Å²) in [4.78, 5) is 16.1. The molecule has 0 fully saturated rings. The zero-order valence-electron chi connectivity index (χ0n) is 11.2. The molecule has 100 valence electrons. The van der Waals surface area contributed by atoms with Gasteiger partial charge < -0.3 is 15.4 Å². The SMILES string of the molecule is CCNc1cc(C(=O)NC(C)CCOC)ccn1. The Morgan fingerprint density at radius 1 is 1.56 bits per heavy atom. The van der Waals surface area contributed by atoms with Crippen LogP contribution in [0.3, 0.4) is 0 Å². The summed E-state index contributed by atoms with van der Waals surface area (Å²) in [6.45, 7) is 5.37. The largest absolute Gasteiger partial charge is 0.385 e. The highest BCUT2D eigenvalue weighted by molar-refractivity contribution is 5.94. The summed E-state index contributed by atoms with van der Waals surface area (Å²) in [7, 11) is 1.65. The van der Waals surface area contributed by atoms with Crippen LogP contribution < -0.4 is 10.6 Å². The van der Waals surface area contributed by atoms with Gasteiger partial charge in [0.25, 0.3) is 5.91 Å². The van der Waals surface area contributed by atoms with E-state index in [4.69, 9.17) is 4.74 Å². The Labute approximate surface area is 108 Å². The number of hydrogen-bond acceptors (Lipinski definition) is 4. The first kappa shape index (κ1) is 14.4. The molecule has 1 atom stereocenters. The van der Waals surface area contributed by atoms with E-state index >= 15 is 0 Å². The molecular weight excluding hydrogens is 230 g/mol. The van der Waals surface area contributed by atoms with Crippen LogP contribution in [0.2, 0.25) is 0 Å². The summed E-state index contributed by atoms with van der Waals surface area (Å²) < 4.78 is 4.98. The van der Waals surface area contributed by atoms with Crippen molar-refractivity contribution in [3.63, 3.8) is 0 Å². The molecular formula is C13H21N3O2. The van der Waals surface area contributed by atoms with Crippen LogP contribution in [0.15, 0.2) is 18.3 Å². The number of anilines is 1. The Balaban J connectivity index is 2.57. The van der Waals surface area contributed by atoms with E-state index in [9.17, 15) is 4.79 Å². The number of nitrogens with zero attached hydrogens (tertiary/aromatic N) is 1. The molecule has 0 spiro atoms. The fourth-order valence-corrected chi connectivity index (χ4v) is 1.52. The normalized spacial score (nSPS) is 11.9. The predicted molar refractivity (Wildman–Crippen MR) is 71.8 cm³/mol. The number of pyridine rings is 1. The van der Waals surface area contributed by atoms with E-state index in [-0.39, 0.29) is 11.9 Å². The van der Waals surface area contributed by atoms with Crippen molar-refractivity contribution in [2.45, 2.75) is 26.3 Å². The first-order valence-electron chi connectivity index (χ1n) is 6.17. The van der Waals surface area contributed by atoms with E-state index in [0.29, 0.717) is 12.2 Å². The number of nitrogens with one attached hydrogen (secondary N) is 2. The van der Waals surface area contributed by atoms with Crippen molar-refractivity contribution in [2.24, 2.45) is 0 Å². The van der Waals surface area contributed by atoms with Gasteiger partial charge >= 0.3 is 0 Å². The fraction of sp³-hybridized carbons (Fsp3) is 0.538. The number of methoxy groups -OCH3 is 1. The Kier molecular flexibility index (Phi) is 6.14. The maximum absolute atomic E-state index is 12.0. The summed E-state index contributed by atoms with van der Waals surface area (Å²) in [6, 6.07) is 3.55. The molecule has 0 saturated carbocycles. The van der Waals surface area contributed by atoms with Gasteiger partial charge in [-0.25, -0.2) is 4.98 Å². The number of carbonyl (C=O) groups is 1. The van der Waals surface area contributed by atoms with E-state index in [1.807, 2.05) is 13.8 Å². The molecule has 2 N–H and O–H groups in total. The molecule has 1 aromatic heterocycles. The van der Waals surface area contributed by atoms with Crippen LogP contribution in [-0.2, 0) is 4.74 Å². The molecule has 0 saturated heterocycles. The van der Waals surface area contributed by atoms with Crippen LogP contribution >= 0.6 is 0 Å². The Hall–Kier alpha value is -1.62. The highest BCUT2D eigenvalue weighted by Crippen LogP contribution is 2.07. The maximum atomic E-state index is 12.0. The third-order valence-corrected chi connectivity index (χ3v) is 2.51. The van der Waals surface area contributed by atoms with E-state index in [2.05, 4.69) is 15.6 Å². The van der Waals surface area contributed by atoms with E-state index in [0.717, 1.165) is 18.8 Å². The van der Waals surface area contributed by atoms with Crippen LogP contribution in [0.25, 0.3) is 0 Å². The molecule has 0 aliphatic carbocycles. The standard InChI is InChI=1S/C13H21N3O2/c1-4-14-12-9-11(5-7-15-12)13(17)16-10(2)6-8-18-3/h5,7,9-10H,4,6,8H2,1-3H3,(H,14,15)(H,16,17). The average Bonchev–Trinajstić information content (AvgIpc) is 2.37. The molecule has 1 amide bonds. The highest BCUT2D eigenvalue weighted by Gasteiger charge is 2.10. The van der Waals surface area contributed by atoms with E-state index < -0.39 is 0 Å². The molecule has 1 rings (SSSR count). The van der Waals surface area contributed by atoms with Gasteiger partial charge in [0.15, 0.2) is 0 Å². The number of rotatable bonds is 7. The predicted octanol–water partition coefficient (Wildman–Crippen LogP) is 1.67. The molecule has 18 heavy (non-hydrogen) atoms. The lowest BCUT2D eigenvalue weighted by Gasteiger charge is -2.13. The van der Waals surface area contributed by atoms with Crippen molar-refractivity contribution >= 4 is 11.7 Å². The van der Waals surface area contributed by atoms with Gasteiger partial charge in [-0.15, -0.1) is 0 Å². The van der Waals surface area contributed by atoms with Crippen LogP contribution in [0.4, 0.5) is 5.82 Å². The molecule has 1 unspecified atom stereocenters. The second kappa shape index (κ2) is 7.66. The molecule has 5 heteroatoms. The maximum Gasteiger partial charge on any atom is 0.251 e. The summed E-state index contributed by atoms with van der Waals surface area (Å²) >= 11 is 0. The Morgan fingerprint density at radius 2 is 2.33 bits per heavy atom. The topological polar surface area (TPSA) is 63.2 Å². The van der Waals surface area contributed by atoms with Gasteiger partial charge in [0, 0.05) is 38.1 Å². The van der Waals surface area contributed by atoms with E-state index in [1.165, 1.54) is 0 Å². The molecule has 0 aliphatic heterocycles. The van der Waals surface area contributed by atoms with Crippen LogP contribution in [0.5, 0.6) is 0 Å². The number of carbonyl (C=O) groups excluding carboxylic acids is 1. The zero-order valence-corrected chi connectivity index (χ0v) is 11.2. The molecule has 0 aliphatic rings. The minimum atomic E-state index is -0.0832. The van der Waals surface area contributed by atoms with Crippen molar-refractivity contribution in [2.75, 3.05) is 25.6 Å². The van der Waals surface area contributed by atoms with Gasteiger partial charge in [0.2, 0.25) is 0 Å². The van der Waals surface area contributed by atoms with Crippen molar-refractivity contribution in [3.8, 4) is 0 Å². The van der Waals surface area contributed by atoms with Crippen molar-refractivity contribution in [1.82, 2.24) is 10.3 Å². The fourth-order valence-electron chi connectivity index (χ4n) is 1.52. The first-order chi connectivity index (χ1) is 8.67. The van der Waals surface area contributed by atoms with Gasteiger partial charge in [-0.3, -0.25) is 4.79 Å². The second-order valence-electron chi connectivity index (χ2n) is 4.12. The summed E-state index contributed by atoms with van der Waals surface area (Å²) in [5.74, 6) is 0.634. The van der Waals surface area contributed by atoms with Crippen molar-refractivity contribution < 1.29 is 9.53 Å². The number of ether oxygens (including phenoxy) is 1. The molecule has 1 heterocycles. The zero-order chi connectivity index (χ0) is 13.4. The van der Waals surface area contributed by atoms with Crippen molar-refractivity contribution in [1.29, 1.82) is 0 Å². The molecule has 0 aromatic carbocycles. The van der Waals surface area contributed by atoms with Gasteiger partial charge in [0.05, 0.1) is 0 Å². The number of aromatic nitrogens is 1.